The first-order valence-corrected chi connectivity index (χ1v) is 9.45. The molecule has 0 bridgehead atoms. The van der Waals surface area contributed by atoms with Gasteiger partial charge in [-0.2, -0.15) is 0 Å². The second-order valence-electron chi connectivity index (χ2n) is 6.84. The number of nitro groups is 1. The van der Waals surface area contributed by atoms with Crippen molar-refractivity contribution in [3.05, 3.63) is 81.4 Å². The molecule has 0 saturated heterocycles. The highest BCUT2D eigenvalue weighted by Gasteiger charge is 2.12. The molecule has 0 spiro atoms. The molecule has 4 rings (SSSR count). The summed E-state index contributed by atoms with van der Waals surface area (Å²) in [5.41, 5.74) is 4.39. The van der Waals surface area contributed by atoms with Gasteiger partial charge in [-0.15, -0.1) is 0 Å². The highest BCUT2D eigenvalue weighted by Crippen LogP contribution is 2.29. The standard InChI is InChI=1S/C22H17ClN4O3/c1-26(2)17-7-4-15(5-8-17)22-25-19-12-16(6-10-21(19)30-22)24-13-14-3-9-18(23)20(11-14)27(28)29/h3-13H,1-2H3. The van der Waals surface area contributed by atoms with Gasteiger partial charge in [-0.05, 0) is 54.1 Å². The van der Waals surface area contributed by atoms with Crippen molar-refractivity contribution in [2.45, 2.75) is 0 Å². The van der Waals surface area contributed by atoms with Gasteiger partial charge in [0.1, 0.15) is 10.5 Å². The Kier molecular flexibility index (Phi) is 5.20. The topological polar surface area (TPSA) is 84.8 Å². The molecule has 7 nitrogen and oxygen atoms in total. The lowest BCUT2D eigenvalue weighted by atomic mass is 10.2. The van der Waals surface area contributed by atoms with Crippen LogP contribution in [-0.4, -0.2) is 30.2 Å². The van der Waals surface area contributed by atoms with Crippen LogP contribution in [0, 0.1) is 10.1 Å². The summed E-state index contributed by atoms with van der Waals surface area (Å²) in [4.78, 5) is 21.5. The highest BCUT2D eigenvalue weighted by molar-refractivity contribution is 6.32. The van der Waals surface area contributed by atoms with Gasteiger partial charge < -0.3 is 9.32 Å². The number of benzene rings is 3. The zero-order valence-electron chi connectivity index (χ0n) is 16.2. The van der Waals surface area contributed by atoms with Crippen molar-refractivity contribution in [1.82, 2.24) is 4.98 Å². The van der Waals surface area contributed by atoms with Crippen LogP contribution in [0.25, 0.3) is 22.6 Å². The molecule has 0 atom stereocenters. The molecular formula is C22H17ClN4O3. The van der Waals surface area contributed by atoms with E-state index in [1.807, 2.05) is 43.3 Å². The molecule has 3 aromatic carbocycles. The summed E-state index contributed by atoms with van der Waals surface area (Å²) >= 11 is 5.84. The minimum atomic E-state index is -0.520. The van der Waals surface area contributed by atoms with E-state index in [0.29, 0.717) is 28.2 Å². The van der Waals surface area contributed by atoms with Crippen molar-refractivity contribution in [3.63, 3.8) is 0 Å². The van der Waals surface area contributed by atoms with Gasteiger partial charge in [-0.3, -0.25) is 15.1 Å². The summed E-state index contributed by atoms with van der Waals surface area (Å²) in [7, 11) is 3.97. The predicted molar refractivity (Wildman–Crippen MR) is 119 cm³/mol. The first-order valence-electron chi connectivity index (χ1n) is 9.07. The van der Waals surface area contributed by atoms with E-state index < -0.39 is 4.92 Å². The Morgan fingerprint density at radius 1 is 1.10 bits per heavy atom. The van der Waals surface area contributed by atoms with E-state index in [4.69, 9.17) is 16.0 Å². The smallest absolute Gasteiger partial charge is 0.288 e. The maximum atomic E-state index is 11.0. The average molecular weight is 421 g/mol. The summed E-state index contributed by atoms with van der Waals surface area (Å²) in [6.45, 7) is 0. The van der Waals surface area contributed by atoms with Crippen molar-refractivity contribution in [3.8, 4) is 11.5 Å². The zero-order chi connectivity index (χ0) is 21.3. The Balaban J connectivity index is 1.60. The fourth-order valence-corrected chi connectivity index (χ4v) is 3.11. The van der Waals surface area contributed by atoms with Crippen LogP contribution in [0.4, 0.5) is 17.1 Å². The number of aliphatic imine (C=N–C) groups is 1. The number of nitro benzene ring substituents is 1. The molecule has 0 unspecified atom stereocenters. The fourth-order valence-electron chi connectivity index (χ4n) is 2.92. The number of oxazole rings is 1. The second-order valence-corrected chi connectivity index (χ2v) is 7.25. The zero-order valence-corrected chi connectivity index (χ0v) is 17.0. The first kappa shape index (κ1) is 19.6. The fraction of sp³-hybridized carbons (Fsp3) is 0.0909. The number of fused-ring (bicyclic) bond motifs is 1. The number of halogens is 1. The molecule has 1 aromatic heterocycles. The van der Waals surface area contributed by atoms with Crippen molar-refractivity contribution >= 4 is 46.0 Å². The van der Waals surface area contributed by atoms with Gasteiger partial charge in [0.15, 0.2) is 5.58 Å². The lowest BCUT2D eigenvalue weighted by Gasteiger charge is -2.11. The predicted octanol–water partition coefficient (Wildman–Crippen LogP) is 5.87. The van der Waals surface area contributed by atoms with E-state index >= 15 is 0 Å². The number of hydrogen-bond acceptors (Lipinski definition) is 6. The van der Waals surface area contributed by atoms with Gasteiger partial charge in [0, 0.05) is 37.6 Å². The second kappa shape index (κ2) is 7.96. The van der Waals surface area contributed by atoms with Crippen molar-refractivity contribution < 1.29 is 9.34 Å². The Bertz CT molecular complexity index is 1260. The monoisotopic (exact) mass is 420 g/mol. The van der Waals surface area contributed by atoms with Crippen molar-refractivity contribution in [1.29, 1.82) is 0 Å². The van der Waals surface area contributed by atoms with Gasteiger partial charge in [0.05, 0.1) is 10.6 Å². The maximum absolute atomic E-state index is 11.0. The van der Waals surface area contributed by atoms with Crippen LogP contribution >= 0.6 is 11.6 Å². The maximum Gasteiger partial charge on any atom is 0.288 e. The van der Waals surface area contributed by atoms with E-state index in [9.17, 15) is 10.1 Å². The van der Waals surface area contributed by atoms with Crippen LogP contribution in [0.3, 0.4) is 0 Å². The summed E-state index contributed by atoms with van der Waals surface area (Å²) < 4.78 is 5.86. The van der Waals surface area contributed by atoms with E-state index in [1.165, 1.54) is 12.1 Å². The van der Waals surface area contributed by atoms with Gasteiger partial charge in [-0.1, -0.05) is 17.7 Å². The number of anilines is 1. The van der Waals surface area contributed by atoms with E-state index in [1.54, 1.807) is 30.5 Å². The molecule has 4 aromatic rings. The van der Waals surface area contributed by atoms with Gasteiger partial charge in [0.25, 0.3) is 5.69 Å². The third-order valence-corrected chi connectivity index (χ3v) is 4.85. The molecule has 0 N–H and O–H groups in total. The normalized spacial score (nSPS) is 11.3. The van der Waals surface area contributed by atoms with Crippen LogP contribution < -0.4 is 4.90 Å². The molecule has 8 heteroatoms. The number of rotatable bonds is 5. The Morgan fingerprint density at radius 2 is 1.87 bits per heavy atom. The van der Waals surface area contributed by atoms with Gasteiger partial charge in [0.2, 0.25) is 5.89 Å². The molecule has 0 saturated carbocycles. The lowest BCUT2D eigenvalue weighted by molar-refractivity contribution is -0.384. The molecule has 150 valence electrons. The lowest BCUT2D eigenvalue weighted by Crippen LogP contribution is -2.07. The number of hydrogen-bond donors (Lipinski definition) is 0. The first-order chi connectivity index (χ1) is 14.4. The highest BCUT2D eigenvalue weighted by atomic mass is 35.5. The van der Waals surface area contributed by atoms with Crippen LogP contribution in [0.15, 0.2) is 70.1 Å². The van der Waals surface area contributed by atoms with E-state index in [-0.39, 0.29) is 10.7 Å². The van der Waals surface area contributed by atoms with Gasteiger partial charge in [-0.25, -0.2) is 4.98 Å². The molecular weight excluding hydrogens is 404 g/mol. The van der Waals surface area contributed by atoms with E-state index in [0.717, 1.165) is 11.3 Å². The molecule has 0 radical (unpaired) electrons. The largest absolute Gasteiger partial charge is 0.436 e. The number of nitrogens with zero attached hydrogens (tertiary/aromatic N) is 4. The van der Waals surface area contributed by atoms with Crippen LogP contribution in [-0.2, 0) is 0 Å². The quantitative estimate of drug-likeness (QED) is 0.229. The molecule has 0 fully saturated rings. The van der Waals surface area contributed by atoms with Crippen LogP contribution in [0.5, 0.6) is 0 Å². The third-order valence-electron chi connectivity index (χ3n) is 4.53. The van der Waals surface area contributed by atoms with Crippen molar-refractivity contribution in [2.75, 3.05) is 19.0 Å². The van der Waals surface area contributed by atoms with Crippen LogP contribution in [0.1, 0.15) is 5.56 Å². The Morgan fingerprint density at radius 3 is 2.57 bits per heavy atom. The van der Waals surface area contributed by atoms with Crippen molar-refractivity contribution in [2.24, 2.45) is 4.99 Å². The minimum absolute atomic E-state index is 0.0901. The van der Waals surface area contributed by atoms with Crippen LogP contribution in [0.2, 0.25) is 5.02 Å². The molecule has 0 aliphatic rings. The SMILES string of the molecule is CN(C)c1ccc(-c2nc3cc(N=Cc4ccc(Cl)c([N+](=O)[O-])c4)ccc3o2)cc1. The Hall–Kier alpha value is -3.71. The third kappa shape index (κ3) is 4.01. The molecule has 0 amide bonds. The molecule has 1 heterocycles. The average Bonchev–Trinajstić information content (AvgIpc) is 3.16. The minimum Gasteiger partial charge on any atom is -0.436 e. The number of aromatic nitrogens is 1. The van der Waals surface area contributed by atoms with E-state index in [2.05, 4.69) is 9.98 Å². The Labute approximate surface area is 177 Å². The summed E-state index contributed by atoms with van der Waals surface area (Å²) in [5, 5.41) is 11.1. The molecule has 30 heavy (non-hydrogen) atoms. The molecule has 0 aliphatic heterocycles. The molecule has 0 aliphatic carbocycles. The summed E-state index contributed by atoms with van der Waals surface area (Å²) in [5.74, 6) is 0.532. The van der Waals surface area contributed by atoms with Gasteiger partial charge >= 0.3 is 0 Å². The summed E-state index contributed by atoms with van der Waals surface area (Å²) in [6, 6.07) is 17.9. The summed E-state index contributed by atoms with van der Waals surface area (Å²) in [6.07, 6.45) is 1.55.